The third kappa shape index (κ3) is 2.69. The summed E-state index contributed by atoms with van der Waals surface area (Å²) in [7, 11) is 1.21. The van der Waals surface area contributed by atoms with Gasteiger partial charge >= 0.3 is 5.97 Å². The van der Waals surface area contributed by atoms with E-state index in [0.717, 1.165) is 6.07 Å². The average molecular weight is 279 g/mol. The first-order chi connectivity index (χ1) is 9.52. The van der Waals surface area contributed by atoms with Crippen molar-refractivity contribution in [2.24, 2.45) is 0 Å². The highest BCUT2D eigenvalue weighted by Gasteiger charge is 2.14. The standard InChI is InChI=1S/C14H11F2NO3/c1-19-14(18)9-7-8(5-6-11(9)17)20-12-4-2-3-10(15)13(12)16/h2-7H,17H2,1H3. The van der Waals surface area contributed by atoms with Crippen molar-refractivity contribution in [2.45, 2.75) is 0 Å². The number of carbonyl (C=O) groups is 1. The number of ether oxygens (including phenoxy) is 2. The van der Waals surface area contributed by atoms with Crippen LogP contribution in [0.15, 0.2) is 36.4 Å². The zero-order chi connectivity index (χ0) is 14.7. The van der Waals surface area contributed by atoms with E-state index < -0.39 is 17.6 Å². The van der Waals surface area contributed by atoms with Crippen molar-refractivity contribution < 1.29 is 23.0 Å². The van der Waals surface area contributed by atoms with Gasteiger partial charge < -0.3 is 15.2 Å². The number of hydrogen-bond acceptors (Lipinski definition) is 4. The number of anilines is 1. The van der Waals surface area contributed by atoms with E-state index in [0.29, 0.717) is 0 Å². The van der Waals surface area contributed by atoms with Crippen molar-refractivity contribution in [3.63, 3.8) is 0 Å². The molecule has 0 atom stereocenters. The summed E-state index contributed by atoms with van der Waals surface area (Å²) in [5.41, 5.74) is 5.91. The maximum atomic E-state index is 13.5. The van der Waals surface area contributed by atoms with E-state index in [2.05, 4.69) is 4.74 Å². The third-order valence-electron chi connectivity index (χ3n) is 2.57. The first-order valence-electron chi connectivity index (χ1n) is 5.62. The van der Waals surface area contributed by atoms with Gasteiger partial charge in [0.15, 0.2) is 11.6 Å². The van der Waals surface area contributed by atoms with Crippen LogP contribution < -0.4 is 10.5 Å². The highest BCUT2D eigenvalue weighted by molar-refractivity contribution is 5.95. The van der Waals surface area contributed by atoms with Crippen molar-refractivity contribution in [3.05, 3.63) is 53.6 Å². The van der Waals surface area contributed by atoms with Crippen LogP contribution in [0.5, 0.6) is 11.5 Å². The van der Waals surface area contributed by atoms with Gasteiger partial charge in [0.05, 0.1) is 12.7 Å². The molecular formula is C14H11F2NO3. The van der Waals surface area contributed by atoms with Crippen LogP contribution in [0.2, 0.25) is 0 Å². The highest BCUT2D eigenvalue weighted by Crippen LogP contribution is 2.28. The lowest BCUT2D eigenvalue weighted by atomic mass is 10.1. The summed E-state index contributed by atoms with van der Waals surface area (Å²) in [4.78, 5) is 11.5. The molecule has 6 heteroatoms. The van der Waals surface area contributed by atoms with Crippen molar-refractivity contribution in [3.8, 4) is 11.5 Å². The van der Waals surface area contributed by atoms with E-state index >= 15 is 0 Å². The molecule has 0 aliphatic rings. The number of hydrogen-bond donors (Lipinski definition) is 1. The predicted molar refractivity (Wildman–Crippen MR) is 68.6 cm³/mol. The van der Waals surface area contributed by atoms with Crippen molar-refractivity contribution >= 4 is 11.7 Å². The van der Waals surface area contributed by atoms with Gasteiger partial charge in [-0.1, -0.05) is 6.07 Å². The number of halogens is 2. The average Bonchev–Trinajstić information content (AvgIpc) is 2.45. The quantitative estimate of drug-likeness (QED) is 0.692. The summed E-state index contributed by atoms with van der Waals surface area (Å²) in [5, 5.41) is 0. The molecule has 20 heavy (non-hydrogen) atoms. The molecule has 4 nitrogen and oxygen atoms in total. The number of benzene rings is 2. The Hall–Kier alpha value is -2.63. The number of carbonyl (C=O) groups excluding carboxylic acids is 1. The number of methoxy groups -OCH3 is 1. The number of nitrogen functional groups attached to an aromatic ring is 1. The third-order valence-corrected chi connectivity index (χ3v) is 2.57. The van der Waals surface area contributed by atoms with Gasteiger partial charge in [0.2, 0.25) is 5.82 Å². The van der Waals surface area contributed by atoms with Crippen molar-refractivity contribution in [2.75, 3.05) is 12.8 Å². The second kappa shape index (κ2) is 5.56. The molecule has 0 fully saturated rings. The van der Waals surface area contributed by atoms with Crippen LogP contribution in [0.1, 0.15) is 10.4 Å². The molecule has 0 bridgehead atoms. The SMILES string of the molecule is COC(=O)c1cc(Oc2cccc(F)c2F)ccc1N. The normalized spacial score (nSPS) is 10.2. The molecule has 2 aromatic rings. The maximum absolute atomic E-state index is 13.5. The van der Waals surface area contributed by atoms with Crippen LogP contribution in [0.25, 0.3) is 0 Å². The molecule has 0 unspecified atom stereocenters. The Morgan fingerprint density at radius 3 is 2.65 bits per heavy atom. The van der Waals surface area contributed by atoms with E-state index in [4.69, 9.17) is 10.5 Å². The molecule has 0 saturated carbocycles. The first-order valence-corrected chi connectivity index (χ1v) is 5.62. The topological polar surface area (TPSA) is 61.5 Å². The van der Waals surface area contributed by atoms with Gasteiger partial charge in [-0.3, -0.25) is 0 Å². The molecule has 2 aromatic carbocycles. The van der Waals surface area contributed by atoms with E-state index in [1.165, 1.54) is 37.4 Å². The smallest absolute Gasteiger partial charge is 0.340 e. The molecule has 0 spiro atoms. The minimum absolute atomic E-state index is 0.0850. The van der Waals surface area contributed by atoms with Gasteiger partial charge in [-0.25, -0.2) is 9.18 Å². The summed E-state index contributed by atoms with van der Waals surface area (Å²) in [6.07, 6.45) is 0. The highest BCUT2D eigenvalue weighted by atomic mass is 19.2. The van der Waals surface area contributed by atoms with Gasteiger partial charge in [0.1, 0.15) is 5.75 Å². The Labute approximate surface area is 113 Å². The Morgan fingerprint density at radius 1 is 1.20 bits per heavy atom. The molecule has 0 aliphatic carbocycles. The van der Waals surface area contributed by atoms with E-state index in [1.807, 2.05) is 0 Å². The van der Waals surface area contributed by atoms with E-state index in [9.17, 15) is 13.6 Å². The van der Waals surface area contributed by atoms with Crippen LogP contribution in [0.3, 0.4) is 0 Å². The maximum Gasteiger partial charge on any atom is 0.340 e. The van der Waals surface area contributed by atoms with Gasteiger partial charge in [0.25, 0.3) is 0 Å². The lowest BCUT2D eigenvalue weighted by molar-refractivity contribution is 0.0601. The van der Waals surface area contributed by atoms with Gasteiger partial charge in [-0.2, -0.15) is 4.39 Å². The number of nitrogens with two attached hydrogens (primary N) is 1. The summed E-state index contributed by atoms with van der Waals surface area (Å²) in [6.45, 7) is 0. The molecule has 0 radical (unpaired) electrons. The van der Waals surface area contributed by atoms with Crippen LogP contribution in [-0.4, -0.2) is 13.1 Å². The Kier molecular flexibility index (Phi) is 3.84. The van der Waals surface area contributed by atoms with Gasteiger partial charge in [0, 0.05) is 5.69 Å². The molecular weight excluding hydrogens is 268 g/mol. The minimum atomic E-state index is -1.11. The number of esters is 1. The summed E-state index contributed by atoms with van der Waals surface area (Å²) in [6, 6.07) is 7.71. The zero-order valence-corrected chi connectivity index (χ0v) is 10.5. The van der Waals surface area contributed by atoms with Crippen LogP contribution >= 0.6 is 0 Å². The fourth-order valence-electron chi connectivity index (χ4n) is 1.58. The van der Waals surface area contributed by atoms with Crippen LogP contribution in [0.4, 0.5) is 14.5 Å². The van der Waals surface area contributed by atoms with E-state index in [1.54, 1.807) is 0 Å². The largest absolute Gasteiger partial charge is 0.465 e. The van der Waals surface area contributed by atoms with Crippen LogP contribution in [-0.2, 0) is 4.74 Å². The second-order valence-corrected chi connectivity index (χ2v) is 3.89. The van der Waals surface area contributed by atoms with Crippen LogP contribution in [0, 0.1) is 11.6 Å². The van der Waals surface area contributed by atoms with Gasteiger partial charge in [-0.05, 0) is 30.3 Å². The summed E-state index contributed by atoms with van der Waals surface area (Å²) < 4.78 is 36.3. The van der Waals surface area contributed by atoms with E-state index in [-0.39, 0.29) is 22.7 Å². The van der Waals surface area contributed by atoms with Crippen molar-refractivity contribution in [1.29, 1.82) is 0 Å². The minimum Gasteiger partial charge on any atom is -0.465 e. The molecule has 0 saturated heterocycles. The molecule has 104 valence electrons. The summed E-state index contributed by atoms with van der Waals surface area (Å²) in [5.74, 6) is -2.92. The summed E-state index contributed by atoms with van der Waals surface area (Å²) >= 11 is 0. The molecule has 0 heterocycles. The monoisotopic (exact) mass is 279 g/mol. The second-order valence-electron chi connectivity index (χ2n) is 3.89. The molecule has 0 aromatic heterocycles. The number of rotatable bonds is 3. The Bertz CT molecular complexity index is 659. The Balaban J connectivity index is 2.35. The predicted octanol–water partition coefficient (Wildman–Crippen LogP) is 3.13. The fourth-order valence-corrected chi connectivity index (χ4v) is 1.58. The van der Waals surface area contributed by atoms with Crippen molar-refractivity contribution in [1.82, 2.24) is 0 Å². The molecule has 2 N–H and O–H groups in total. The first kappa shape index (κ1) is 13.8. The zero-order valence-electron chi connectivity index (χ0n) is 10.5. The molecule has 0 aliphatic heterocycles. The fraction of sp³-hybridized carbons (Fsp3) is 0.0714. The molecule has 0 amide bonds. The lowest BCUT2D eigenvalue weighted by Gasteiger charge is -2.09. The lowest BCUT2D eigenvalue weighted by Crippen LogP contribution is -2.05. The Morgan fingerprint density at radius 2 is 1.95 bits per heavy atom. The molecule has 2 rings (SSSR count). The van der Waals surface area contributed by atoms with Gasteiger partial charge in [-0.15, -0.1) is 0 Å².